The lowest BCUT2D eigenvalue weighted by molar-refractivity contribution is -0.273. The Bertz CT molecular complexity index is 810. The summed E-state index contributed by atoms with van der Waals surface area (Å²) in [6.45, 7) is 1.90. The molecule has 3 aromatic rings. The molecular weight excluding hydrogens is 325 g/mol. The average Bonchev–Trinajstić information content (AvgIpc) is 3.18. The Morgan fingerprint density at radius 2 is 1.83 bits per heavy atom. The van der Waals surface area contributed by atoms with E-state index in [1.165, 1.54) is 6.07 Å². The molecule has 8 heteroatoms. The summed E-state index contributed by atoms with van der Waals surface area (Å²) in [6.07, 6.45) is -4.86. The maximum Gasteiger partial charge on any atom is 0.425 e. The fourth-order valence-corrected chi connectivity index (χ4v) is 2.21. The van der Waals surface area contributed by atoms with Crippen LogP contribution in [0.2, 0.25) is 0 Å². The van der Waals surface area contributed by atoms with E-state index in [0.29, 0.717) is 5.56 Å². The lowest BCUT2D eigenvalue weighted by Crippen LogP contribution is -2.44. The number of aromatic nitrogens is 2. The number of halogens is 3. The zero-order chi connectivity index (χ0) is 17.4. The number of nitrogens with zero attached hydrogens (tertiary/aromatic N) is 2. The lowest BCUT2D eigenvalue weighted by Gasteiger charge is -2.26. The average molecular weight is 338 g/mol. The molecule has 0 aliphatic carbocycles. The molecule has 0 bridgehead atoms. The van der Waals surface area contributed by atoms with Crippen LogP contribution in [0.15, 0.2) is 51.6 Å². The standard InChI is InChI=1S/C16H13F3N2O3/c1-10-4-6-11(7-5-10)14-20-13(24-21-14)9-15(22,16(17,18)19)12-3-2-8-23-12/h2-8,22H,9H2,1H3/t15-/m0/s1. The Balaban J connectivity index is 1.91. The zero-order valence-corrected chi connectivity index (χ0v) is 12.5. The minimum atomic E-state index is -4.97. The molecule has 1 atom stereocenters. The van der Waals surface area contributed by atoms with Gasteiger partial charge in [-0.05, 0) is 19.1 Å². The summed E-state index contributed by atoms with van der Waals surface area (Å²) < 4.78 is 49.6. The highest BCUT2D eigenvalue weighted by Crippen LogP contribution is 2.41. The summed E-state index contributed by atoms with van der Waals surface area (Å²) in [6, 6.07) is 9.40. The number of aliphatic hydroxyl groups is 1. The van der Waals surface area contributed by atoms with Gasteiger partial charge in [0.2, 0.25) is 17.3 Å². The molecule has 0 spiro atoms. The molecule has 0 aliphatic rings. The van der Waals surface area contributed by atoms with Gasteiger partial charge in [0.05, 0.1) is 12.7 Å². The second-order valence-corrected chi connectivity index (χ2v) is 5.39. The van der Waals surface area contributed by atoms with Gasteiger partial charge in [0.1, 0.15) is 5.76 Å². The van der Waals surface area contributed by atoms with E-state index >= 15 is 0 Å². The van der Waals surface area contributed by atoms with Crippen LogP contribution in [0.3, 0.4) is 0 Å². The molecule has 1 N–H and O–H groups in total. The molecule has 0 saturated heterocycles. The number of rotatable bonds is 4. The predicted molar refractivity (Wildman–Crippen MR) is 76.8 cm³/mol. The normalized spacial score (nSPS) is 14.5. The van der Waals surface area contributed by atoms with Crippen molar-refractivity contribution in [3.05, 3.63) is 59.9 Å². The van der Waals surface area contributed by atoms with Crippen molar-refractivity contribution < 1.29 is 27.2 Å². The molecule has 0 aliphatic heterocycles. The second-order valence-electron chi connectivity index (χ2n) is 5.39. The van der Waals surface area contributed by atoms with Crippen LogP contribution in [0.4, 0.5) is 13.2 Å². The van der Waals surface area contributed by atoms with Gasteiger partial charge in [-0.15, -0.1) is 0 Å². The molecule has 2 aromatic heterocycles. The Morgan fingerprint density at radius 1 is 1.12 bits per heavy atom. The van der Waals surface area contributed by atoms with Crippen molar-refractivity contribution in [2.45, 2.75) is 25.1 Å². The summed E-state index contributed by atoms with van der Waals surface area (Å²) in [4.78, 5) is 3.94. The van der Waals surface area contributed by atoms with Gasteiger partial charge in [-0.2, -0.15) is 18.2 Å². The third-order valence-corrected chi connectivity index (χ3v) is 3.58. The fourth-order valence-electron chi connectivity index (χ4n) is 2.21. The van der Waals surface area contributed by atoms with Crippen molar-refractivity contribution in [1.82, 2.24) is 10.1 Å². The monoisotopic (exact) mass is 338 g/mol. The Kier molecular flexibility index (Phi) is 3.92. The van der Waals surface area contributed by atoms with Crippen molar-refractivity contribution in [1.29, 1.82) is 0 Å². The van der Waals surface area contributed by atoms with Crippen LogP contribution in [0.25, 0.3) is 11.4 Å². The van der Waals surface area contributed by atoms with Crippen LogP contribution in [-0.4, -0.2) is 21.4 Å². The molecule has 1 aromatic carbocycles. The molecule has 0 fully saturated rings. The van der Waals surface area contributed by atoms with Crippen LogP contribution < -0.4 is 0 Å². The van der Waals surface area contributed by atoms with Gasteiger partial charge in [-0.3, -0.25) is 0 Å². The number of benzene rings is 1. The molecule has 2 heterocycles. The van der Waals surface area contributed by atoms with Gasteiger partial charge >= 0.3 is 6.18 Å². The quantitative estimate of drug-likeness (QED) is 0.786. The third kappa shape index (κ3) is 2.92. The van der Waals surface area contributed by atoms with Crippen LogP contribution in [-0.2, 0) is 12.0 Å². The Labute approximate surface area is 134 Å². The molecular formula is C16H13F3N2O3. The maximum atomic E-state index is 13.3. The first-order valence-electron chi connectivity index (χ1n) is 7.02. The highest BCUT2D eigenvalue weighted by Gasteiger charge is 2.58. The van der Waals surface area contributed by atoms with Crippen molar-refractivity contribution in [2.75, 3.05) is 0 Å². The first-order chi connectivity index (χ1) is 11.3. The van der Waals surface area contributed by atoms with Gasteiger partial charge in [0, 0.05) is 5.56 Å². The second kappa shape index (κ2) is 5.79. The van der Waals surface area contributed by atoms with Crippen LogP contribution in [0.1, 0.15) is 17.2 Å². The molecule has 0 radical (unpaired) electrons. The van der Waals surface area contributed by atoms with Gasteiger partial charge < -0.3 is 14.0 Å². The van der Waals surface area contributed by atoms with Crippen molar-refractivity contribution >= 4 is 0 Å². The van der Waals surface area contributed by atoms with E-state index in [-0.39, 0.29) is 11.7 Å². The highest BCUT2D eigenvalue weighted by atomic mass is 19.4. The summed E-state index contributed by atoms with van der Waals surface area (Å²) in [5.41, 5.74) is -1.62. The van der Waals surface area contributed by atoms with Crippen LogP contribution in [0.5, 0.6) is 0 Å². The number of hydrogen-bond donors (Lipinski definition) is 1. The topological polar surface area (TPSA) is 72.3 Å². The van der Waals surface area contributed by atoms with Crippen LogP contribution >= 0.6 is 0 Å². The van der Waals surface area contributed by atoms with E-state index < -0.39 is 24.0 Å². The largest absolute Gasteiger partial charge is 0.466 e. The van der Waals surface area contributed by atoms with Crippen LogP contribution in [0, 0.1) is 6.92 Å². The van der Waals surface area contributed by atoms with Crippen molar-refractivity contribution in [3.63, 3.8) is 0 Å². The predicted octanol–water partition coefficient (Wildman–Crippen LogP) is 3.63. The van der Waals surface area contributed by atoms with E-state index in [4.69, 9.17) is 8.94 Å². The summed E-state index contributed by atoms with van der Waals surface area (Å²) in [5, 5.41) is 13.8. The van der Waals surface area contributed by atoms with Crippen molar-refractivity contribution in [2.24, 2.45) is 0 Å². The lowest BCUT2D eigenvalue weighted by atomic mass is 9.95. The van der Waals surface area contributed by atoms with Gasteiger partial charge in [0.15, 0.2) is 0 Å². The summed E-state index contributed by atoms with van der Waals surface area (Å²) >= 11 is 0. The van der Waals surface area contributed by atoms with Gasteiger partial charge in [-0.1, -0.05) is 35.0 Å². The minimum Gasteiger partial charge on any atom is -0.466 e. The first kappa shape index (κ1) is 16.3. The minimum absolute atomic E-state index is 0.147. The van der Waals surface area contributed by atoms with E-state index in [9.17, 15) is 18.3 Å². The summed E-state index contributed by atoms with van der Waals surface area (Å²) in [5.74, 6) is -0.833. The van der Waals surface area contributed by atoms with E-state index in [2.05, 4.69) is 10.1 Å². The number of furan rings is 1. The first-order valence-corrected chi connectivity index (χ1v) is 7.02. The fraction of sp³-hybridized carbons (Fsp3) is 0.250. The van der Waals surface area contributed by atoms with E-state index in [0.717, 1.165) is 17.9 Å². The smallest absolute Gasteiger partial charge is 0.425 e. The molecule has 126 valence electrons. The molecule has 3 rings (SSSR count). The molecule has 0 saturated carbocycles. The van der Waals surface area contributed by atoms with Gasteiger partial charge in [0.25, 0.3) is 0 Å². The molecule has 5 nitrogen and oxygen atoms in total. The highest BCUT2D eigenvalue weighted by molar-refractivity contribution is 5.54. The van der Waals surface area contributed by atoms with Crippen molar-refractivity contribution in [3.8, 4) is 11.4 Å². The molecule has 0 unspecified atom stereocenters. The zero-order valence-electron chi connectivity index (χ0n) is 12.5. The number of aryl methyl sites for hydroxylation is 1. The molecule has 24 heavy (non-hydrogen) atoms. The number of alkyl halides is 3. The number of hydrogen-bond acceptors (Lipinski definition) is 5. The Hall–Kier alpha value is -2.61. The maximum absolute atomic E-state index is 13.3. The van der Waals surface area contributed by atoms with Gasteiger partial charge in [-0.25, -0.2) is 0 Å². The molecule has 0 amide bonds. The third-order valence-electron chi connectivity index (χ3n) is 3.58. The van der Waals surface area contributed by atoms with E-state index in [1.54, 1.807) is 12.1 Å². The Morgan fingerprint density at radius 3 is 2.42 bits per heavy atom. The van der Waals surface area contributed by atoms with E-state index in [1.807, 2.05) is 19.1 Å². The summed E-state index contributed by atoms with van der Waals surface area (Å²) in [7, 11) is 0. The SMILES string of the molecule is Cc1ccc(-c2noc(C[C@](O)(c3ccco3)C(F)(F)F)n2)cc1.